The first kappa shape index (κ1) is 13.1. The van der Waals surface area contributed by atoms with Crippen LogP contribution in [-0.2, 0) is 0 Å². The Morgan fingerprint density at radius 3 is 2.78 bits per heavy atom. The summed E-state index contributed by atoms with van der Waals surface area (Å²) < 4.78 is 0. The van der Waals surface area contributed by atoms with E-state index >= 15 is 0 Å². The van der Waals surface area contributed by atoms with E-state index in [2.05, 4.69) is 10.5 Å². The molecule has 1 aromatic carbocycles. The molecule has 1 N–H and O–H groups in total. The van der Waals surface area contributed by atoms with Crippen molar-refractivity contribution in [3.63, 3.8) is 0 Å². The molecule has 0 bridgehead atoms. The zero-order valence-electron chi connectivity index (χ0n) is 9.06. The van der Waals surface area contributed by atoms with Crippen molar-refractivity contribution in [2.75, 3.05) is 0 Å². The molecule has 2 aromatic rings. The van der Waals surface area contributed by atoms with Crippen molar-refractivity contribution in [1.29, 1.82) is 0 Å². The highest BCUT2D eigenvalue weighted by Crippen LogP contribution is 2.22. The number of nitrogens with zero attached hydrogens (tertiary/aromatic N) is 1. The Morgan fingerprint density at radius 2 is 2.11 bits per heavy atom. The van der Waals surface area contributed by atoms with E-state index in [1.807, 2.05) is 16.8 Å². The summed E-state index contributed by atoms with van der Waals surface area (Å²) >= 11 is 13.2. The first-order valence-corrected chi connectivity index (χ1v) is 6.67. The van der Waals surface area contributed by atoms with Crippen LogP contribution in [0.4, 0.5) is 0 Å². The monoisotopic (exact) mass is 298 g/mol. The number of halogens is 2. The number of carbonyl (C=O) groups excluding carboxylic acids is 1. The molecular weight excluding hydrogens is 291 g/mol. The van der Waals surface area contributed by atoms with E-state index in [4.69, 9.17) is 23.2 Å². The molecule has 0 aliphatic heterocycles. The molecule has 0 radical (unpaired) electrons. The number of carbonyl (C=O) groups is 1. The van der Waals surface area contributed by atoms with Gasteiger partial charge in [-0.05, 0) is 35.0 Å². The van der Waals surface area contributed by atoms with Crippen molar-refractivity contribution < 1.29 is 4.79 Å². The highest BCUT2D eigenvalue weighted by atomic mass is 35.5. The number of hydrogen-bond donors (Lipinski definition) is 1. The van der Waals surface area contributed by atoms with E-state index in [1.54, 1.807) is 29.7 Å². The molecule has 0 atom stereocenters. The molecule has 0 fully saturated rings. The summed E-state index contributed by atoms with van der Waals surface area (Å²) in [7, 11) is 0. The molecule has 0 saturated heterocycles. The second-order valence-electron chi connectivity index (χ2n) is 3.38. The van der Waals surface area contributed by atoms with Gasteiger partial charge in [0.15, 0.2) is 0 Å². The fourth-order valence-corrected chi connectivity index (χ4v) is 2.12. The number of nitrogens with one attached hydrogen (secondary N) is 1. The number of hydrazone groups is 1. The Kier molecular flexibility index (Phi) is 4.36. The van der Waals surface area contributed by atoms with Gasteiger partial charge in [0.25, 0.3) is 5.91 Å². The van der Waals surface area contributed by atoms with Gasteiger partial charge in [0.2, 0.25) is 0 Å². The summed E-state index contributed by atoms with van der Waals surface area (Å²) in [5.41, 5.74) is 3.77. The van der Waals surface area contributed by atoms with Crippen LogP contribution in [0.15, 0.2) is 40.1 Å². The van der Waals surface area contributed by atoms with Crippen molar-refractivity contribution in [2.45, 2.75) is 0 Å². The maximum absolute atomic E-state index is 11.7. The van der Waals surface area contributed by atoms with Gasteiger partial charge >= 0.3 is 0 Å². The summed E-state index contributed by atoms with van der Waals surface area (Å²) in [5, 5.41) is 8.46. The fraction of sp³-hybridized carbons (Fsp3) is 0. The number of rotatable bonds is 3. The quantitative estimate of drug-likeness (QED) is 0.679. The van der Waals surface area contributed by atoms with E-state index in [9.17, 15) is 4.79 Å². The SMILES string of the molecule is O=C(N/N=C\c1ccsc1)c1ccc(Cl)c(Cl)c1. The standard InChI is InChI=1S/C12H8Cl2N2OS/c13-10-2-1-9(5-11(10)14)12(17)16-15-6-8-3-4-18-7-8/h1-7H,(H,16,17)/b15-6-. The summed E-state index contributed by atoms with van der Waals surface area (Å²) in [6.07, 6.45) is 1.58. The topological polar surface area (TPSA) is 41.5 Å². The lowest BCUT2D eigenvalue weighted by Gasteiger charge is -2.01. The molecule has 0 aliphatic rings. The van der Waals surface area contributed by atoms with Gasteiger partial charge in [-0.25, -0.2) is 5.43 Å². The van der Waals surface area contributed by atoms with Gasteiger partial charge < -0.3 is 0 Å². The van der Waals surface area contributed by atoms with Gasteiger partial charge in [-0.3, -0.25) is 4.79 Å². The van der Waals surface area contributed by atoms with Crippen LogP contribution >= 0.6 is 34.5 Å². The number of amides is 1. The Morgan fingerprint density at radius 1 is 1.28 bits per heavy atom. The minimum Gasteiger partial charge on any atom is -0.267 e. The summed E-state index contributed by atoms with van der Waals surface area (Å²) in [4.78, 5) is 11.7. The van der Waals surface area contributed by atoms with E-state index in [1.165, 1.54) is 6.07 Å². The predicted octanol–water partition coefficient (Wildman–Crippen LogP) is 3.82. The van der Waals surface area contributed by atoms with Gasteiger partial charge in [0, 0.05) is 11.1 Å². The Labute approximate surface area is 118 Å². The summed E-state index contributed by atoms with van der Waals surface area (Å²) in [5.74, 6) is -0.333. The molecule has 2 rings (SSSR count). The number of benzene rings is 1. The molecule has 0 spiro atoms. The van der Waals surface area contributed by atoms with Gasteiger partial charge in [0.1, 0.15) is 0 Å². The van der Waals surface area contributed by atoms with Crippen molar-refractivity contribution >= 4 is 46.7 Å². The van der Waals surface area contributed by atoms with E-state index in [0.29, 0.717) is 15.6 Å². The summed E-state index contributed by atoms with van der Waals surface area (Å²) in [6.45, 7) is 0. The van der Waals surface area contributed by atoms with E-state index in [-0.39, 0.29) is 5.91 Å². The van der Waals surface area contributed by atoms with Crippen LogP contribution in [0.3, 0.4) is 0 Å². The van der Waals surface area contributed by atoms with Crippen molar-refractivity contribution in [3.05, 3.63) is 56.2 Å². The zero-order chi connectivity index (χ0) is 13.0. The largest absolute Gasteiger partial charge is 0.271 e. The van der Waals surface area contributed by atoms with Gasteiger partial charge in [-0.15, -0.1) is 0 Å². The number of hydrogen-bond acceptors (Lipinski definition) is 3. The van der Waals surface area contributed by atoms with Gasteiger partial charge in [-0.2, -0.15) is 16.4 Å². The van der Waals surface area contributed by atoms with Crippen molar-refractivity contribution in [3.8, 4) is 0 Å². The lowest BCUT2D eigenvalue weighted by molar-refractivity contribution is 0.0955. The normalized spacial score (nSPS) is 10.8. The average molecular weight is 299 g/mol. The van der Waals surface area contributed by atoms with E-state index in [0.717, 1.165) is 5.56 Å². The molecule has 1 heterocycles. The first-order valence-electron chi connectivity index (χ1n) is 4.97. The van der Waals surface area contributed by atoms with Crippen LogP contribution in [0, 0.1) is 0 Å². The molecule has 1 amide bonds. The lowest BCUT2D eigenvalue weighted by Crippen LogP contribution is -2.17. The minimum absolute atomic E-state index is 0.333. The Balaban J connectivity index is 2.01. The second-order valence-corrected chi connectivity index (χ2v) is 4.98. The van der Waals surface area contributed by atoms with Crippen molar-refractivity contribution in [2.24, 2.45) is 5.10 Å². The molecule has 1 aromatic heterocycles. The highest BCUT2D eigenvalue weighted by molar-refractivity contribution is 7.08. The molecule has 0 unspecified atom stereocenters. The average Bonchev–Trinajstić information content (AvgIpc) is 2.85. The van der Waals surface area contributed by atoms with Gasteiger partial charge in [0.05, 0.1) is 16.3 Å². The molecule has 6 heteroatoms. The lowest BCUT2D eigenvalue weighted by atomic mass is 10.2. The third kappa shape index (κ3) is 3.32. The smallest absolute Gasteiger partial charge is 0.267 e. The highest BCUT2D eigenvalue weighted by Gasteiger charge is 2.06. The fourth-order valence-electron chi connectivity index (χ4n) is 1.22. The van der Waals surface area contributed by atoms with Crippen LogP contribution in [0.1, 0.15) is 15.9 Å². The van der Waals surface area contributed by atoms with Crippen LogP contribution < -0.4 is 5.43 Å². The third-order valence-corrected chi connectivity index (χ3v) is 3.55. The third-order valence-electron chi connectivity index (χ3n) is 2.10. The summed E-state index contributed by atoms with van der Waals surface area (Å²) in [6, 6.07) is 6.56. The molecule has 3 nitrogen and oxygen atoms in total. The molecule has 0 saturated carbocycles. The van der Waals surface area contributed by atoms with Gasteiger partial charge in [-0.1, -0.05) is 23.2 Å². The zero-order valence-corrected chi connectivity index (χ0v) is 11.4. The first-order chi connectivity index (χ1) is 8.66. The Bertz CT molecular complexity index is 582. The maximum atomic E-state index is 11.7. The molecule has 92 valence electrons. The molecule has 18 heavy (non-hydrogen) atoms. The van der Waals surface area contributed by atoms with Crippen molar-refractivity contribution in [1.82, 2.24) is 5.43 Å². The van der Waals surface area contributed by atoms with Crippen LogP contribution in [0.25, 0.3) is 0 Å². The van der Waals surface area contributed by atoms with Crippen LogP contribution in [-0.4, -0.2) is 12.1 Å². The predicted molar refractivity (Wildman–Crippen MR) is 75.8 cm³/mol. The maximum Gasteiger partial charge on any atom is 0.271 e. The van der Waals surface area contributed by atoms with Crippen LogP contribution in [0.2, 0.25) is 10.0 Å². The Hall–Kier alpha value is -1.36. The molecule has 0 aliphatic carbocycles. The second kappa shape index (κ2) is 6.00. The molecular formula is C12H8Cl2N2OS. The minimum atomic E-state index is -0.333. The van der Waals surface area contributed by atoms with Crippen LogP contribution in [0.5, 0.6) is 0 Å². The number of thiophene rings is 1. The van der Waals surface area contributed by atoms with E-state index < -0.39 is 0 Å².